The molecule has 1 amide bonds. The van der Waals surface area contributed by atoms with Gasteiger partial charge in [0.15, 0.2) is 5.96 Å². The Morgan fingerprint density at radius 3 is 2.64 bits per heavy atom. The minimum atomic E-state index is 0.127. The van der Waals surface area contributed by atoms with Crippen LogP contribution in [0.2, 0.25) is 0 Å². The van der Waals surface area contributed by atoms with Crippen LogP contribution in [0.1, 0.15) is 58.3 Å². The zero-order valence-corrected chi connectivity index (χ0v) is 16.1. The van der Waals surface area contributed by atoms with Crippen LogP contribution < -0.4 is 10.6 Å². The highest BCUT2D eigenvalue weighted by Gasteiger charge is 2.21. The lowest BCUT2D eigenvalue weighted by Crippen LogP contribution is -2.41. The first kappa shape index (κ1) is 20.0. The highest BCUT2D eigenvalue weighted by molar-refractivity contribution is 5.80. The molecular formula is C19H36N4O2. The maximum Gasteiger partial charge on any atom is 0.222 e. The average molecular weight is 353 g/mol. The van der Waals surface area contributed by atoms with Crippen molar-refractivity contribution < 1.29 is 9.53 Å². The third kappa shape index (κ3) is 8.56. The van der Waals surface area contributed by atoms with E-state index in [4.69, 9.17) is 4.74 Å². The van der Waals surface area contributed by atoms with Gasteiger partial charge in [0.1, 0.15) is 0 Å². The number of amides is 1. The van der Waals surface area contributed by atoms with Gasteiger partial charge in [-0.2, -0.15) is 0 Å². The summed E-state index contributed by atoms with van der Waals surface area (Å²) in [5.74, 6) is 1.78. The summed E-state index contributed by atoms with van der Waals surface area (Å²) in [7, 11) is 2.02. The van der Waals surface area contributed by atoms with Gasteiger partial charge in [-0.3, -0.25) is 9.79 Å². The van der Waals surface area contributed by atoms with Gasteiger partial charge in [0.05, 0.1) is 13.2 Å². The molecule has 0 aliphatic heterocycles. The standard InChI is InChI=1S/C19H36N4O2/c1-3-20-19(23(2)13-14-25-15-16-9-10-16)21-12-11-18(24)22-17-7-5-4-6-8-17/h16-17H,3-15H2,1-2H3,(H,20,21)(H,22,24). The molecule has 2 saturated carbocycles. The Bertz CT molecular complexity index is 418. The van der Waals surface area contributed by atoms with Gasteiger partial charge < -0.3 is 20.3 Å². The van der Waals surface area contributed by atoms with Gasteiger partial charge >= 0.3 is 0 Å². The number of ether oxygens (including phenoxy) is 1. The van der Waals surface area contributed by atoms with E-state index in [0.29, 0.717) is 19.0 Å². The smallest absolute Gasteiger partial charge is 0.222 e. The summed E-state index contributed by atoms with van der Waals surface area (Å²) in [6.07, 6.45) is 9.13. The summed E-state index contributed by atoms with van der Waals surface area (Å²) < 4.78 is 5.70. The molecule has 2 aliphatic carbocycles. The van der Waals surface area contributed by atoms with E-state index < -0.39 is 0 Å². The molecule has 0 spiro atoms. The van der Waals surface area contributed by atoms with E-state index >= 15 is 0 Å². The first-order valence-electron chi connectivity index (χ1n) is 10.1. The van der Waals surface area contributed by atoms with Crippen molar-refractivity contribution in [3.8, 4) is 0 Å². The first-order chi connectivity index (χ1) is 12.2. The summed E-state index contributed by atoms with van der Waals surface area (Å²) in [5.41, 5.74) is 0. The van der Waals surface area contributed by atoms with E-state index in [1.54, 1.807) is 0 Å². The third-order valence-electron chi connectivity index (χ3n) is 4.89. The first-order valence-corrected chi connectivity index (χ1v) is 10.1. The normalized spacial score (nSPS) is 18.9. The Hall–Kier alpha value is -1.30. The molecule has 2 rings (SSSR count). The second kappa shape index (κ2) is 11.3. The lowest BCUT2D eigenvalue weighted by Gasteiger charge is -2.23. The molecule has 6 heteroatoms. The van der Waals surface area contributed by atoms with E-state index in [0.717, 1.165) is 51.0 Å². The highest BCUT2D eigenvalue weighted by atomic mass is 16.5. The molecule has 0 saturated heterocycles. The van der Waals surface area contributed by atoms with Gasteiger partial charge in [-0.1, -0.05) is 19.3 Å². The second-order valence-electron chi connectivity index (χ2n) is 7.33. The minimum Gasteiger partial charge on any atom is -0.379 e. The van der Waals surface area contributed by atoms with Gasteiger partial charge in [0.2, 0.25) is 5.91 Å². The van der Waals surface area contributed by atoms with E-state index in [-0.39, 0.29) is 5.91 Å². The number of likely N-dealkylation sites (N-methyl/N-ethyl adjacent to an activating group) is 1. The maximum absolute atomic E-state index is 12.1. The molecule has 0 atom stereocenters. The molecule has 0 bridgehead atoms. The Kier molecular flexibility index (Phi) is 9.08. The quantitative estimate of drug-likeness (QED) is 0.359. The summed E-state index contributed by atoms with van der Waals surface area (Å²) in [5, 5.41) is 6.44. The summed E-state index contributed by atoms with van der Waals surface area (Å²) in [4.78, 5) is 18.7. The molecule has 2 fully saturated rings. The van der Waals surface area contributed by atoms with Crippen molar-refractivity contribution in [2.45, 2.75) is 64.3 Å². The Morgan fingerprint density at radius 2 is 1.96 bits per heavy atom. The van der Waals surface area contributed by atoms with Gasteiger partial charge in [-0.25, -0.2) is 0 Å². The molecule has 0 heterocycles. The fourth-order valence-electron chi connectivity index (χ4n) is 3.12. The summed E-state index contributed by atoms with van der Waals surface area (Å²) in [6, 6.07) is 0.379. The van der Waals surface area contributed by atoms with Crippen molar-refractivity contribution in [3.63, 3.8) is 0 Å². The highest BCUT2D eigenvalue weighted by Crippen LogP contribution is 2.28. The lowest BCUT2D eigenvalue weighted by molar-refractivity contribution is -0.121. The number of rotatable bonds is 10. The number of carbonyl (C=O) groups is 1. The van der Waals surface area contributed by atoms with E-state index in [1.165, 1.54) is 32.1 Å². The molecule has 144 valence electrons. The van der Waals surface area contributed by atoms with Gasteiger partial charge in [-0.05, 0) is 38.5 Å². The SMILES string of the molecule is CCNC(=NCCC(=O)NC1CCCCC1)N(C)CCOCC1CC1. The van der Waals surface area contributed by atoms with Crippen molar-refractivity contribution in [2.24, 2.45) is 10.9 Å². The predicted octanol–water partition coefficient (Wildman–Crippen LogP) is 2.15. The molecule has 0 radical (unpaired) electrons. The van der Waals surface area contributed by atoms with Gasteiger partial charge in [-0.15, -0.1) is 0 Å². The number of carbonyl (C=O) groups excluding carboxylic acids is 1. The molecule has 0 unspecified atom stereocenters. The van der Waals surface area contributed by atoms with Gasteiger partial charge in [0.25, 0.3) is 0 Å². The summed E-state index contributed by atoms with van der Waals surface area (Å²) >= 11 is 0. The summed E-state index contributed by atoms with van der Waals surface area (Å²) in [6.45, 7) is 5.83. The van der Waals surface area contributed by atoms with Crippen LogP contribution in [0.4, 0.5) is 0 Å². The zero-order chi connectivity index (χ0) is 17.9. The lowest BCUT2D eigenvalue weighted by atomic mass is 9.95. The number of hydrogen-bond acceptors (Lipinski definition) is 3. The number of nitrogens with zero attached hydrogens (tertiary/aromatic N) is 2. The fourth-order valence-corrected chi connectivity index (χ4v) is 3.12. The van der Waals surface area contributed by atoms with E-state index in [9.17, 15) is 4.79 Å². The Balaban J connectivity index is 1.64. The molecule has 0 aromatic heterocycles. The average Bonchev–Trinajstić information content (AvgIpc) is 3.43. The van der Waals surface area contributed by atoms with Crippen LogP contribution in [0.3, 0.4) is 0 Å². The minimum absolute atomic E-state index is 0.127. The Morgan fingerprint density at radius 1 is 1.20 bits per heavy atom. The van der Waals surface area contributed by atoms with Crippen molar-refractivity contribution >= 4 is 11.9 Å². The third-order valence-corrected chi connectivity index (χ3v) is 4.89. The number of aliphatic imine (C=N–C) groups is 1. The predicted molar refractivity (Wildman–Crippen MR) is 102 cm³/mol. The zero-order valence-electron chi connectivity index (χ0n) is 16.1. The van der Waals surface area contributed by atoms with Gasteiger partial charge in [0, 0.05) is 39.2 Å². The van der Waals surface area contributed by atoms with Crippen LogP contribution in [0.15, 0.2) is 4.99 Å². The number of hydrogen-bond donors (Lipinski definition) is 2. The second-order valence-corrected chi connectivity index (χ2v) is 7.33. The molecule has 25 heavy (non-hydrogen) atoms. The number of guanidine groups is 1. The molecule has 2 aliphatic rings. The van der Waals surface area contributed by atoms with Crippen LogP contribution in [0, 0.1) is 5.92 Å². The van der Waals surface area contributed by atoms with Crippen molar-refractivity contribution in [3.05, 3.63) is 0 Å². The molecule has 2 N–H and O–H groups in total. The van der Waals surface area contributed by atoms with Crippen LogP contribution in [-0.2, 0) is 9.53 Å². The largest absolute Gasteiger partial charge is 0.379 e. The topological polar surface area (TPSA) is 66.0 Å². The molecule has 0 aromatic carbocycles. The van der Waals surface area contributed by atoms with Crippen LogP contribution in [-0.4, -0.2) is 62.7 Å². The molecule has 0 aromatic rings. The molecular weight excluding hydrogens is 316 g/mol. The van der Waals surface area contributed by atoms with E-state index in [2.05, 4.69) is 27.4 Å². The van der Waals surface area contributed by atoms with Crippen molar-refractivity contribution in [2.75, 3.05) is 39.9 Å². The van der Waals surface area contributed by atoms with Crippen molar-refractivity contribution in [1.29, 1.82) is 0 Å². The fraction of sp³-hybridized carbons (Fsp3) is 0.895. The number of nitrogens with one attached hydrogen (secondary N) is 2. The monoisotopic (exact) mass is 352 g/mol. The van der Waals surface area contributed by atoms with Crippen molar-refractivity contribution in [1.82, 2.24) is 15.5 Å². The van der Waals surface area contributed by atoms with Crippen LogP contribution in [0.25, 0.3) is 0 Å². The molecule has 6 nitrogen and oxygen atoms in total. The van der Waals surface area contributed by atoms with Crippen LogP contribution >= 0.6 is 0 Å². The maximum atomic E-state index is 12.1. The van der Waals surface area contributed by atoms with E-state index in [1.807, 2.05) is 7.05 Å². The Labute approximate surface area is 152 Å². The van der Waals surface area contributed by atoms with Crippen LogP contribution in [0.5, 0.6) is 0 Å².